The highest BCUT2D eigenvalue weighted by atomic mass is 28.4. The van der Waals surface area contributed by atoms with Gasteiger partial charge in [-0.25, -0.2) is 4.39 Å². The van der Waals surface area contributed by atoms with Gasteiger partial charge in [-0.15, -0.1) is 0 Å². The maximum Gasteiger partial charge on any atom is 0.265 e. The zero-order chi connectivity index (χ0) is 18.1. The van der Waals surface area contributed by atoms with E-state index in [1.54, 1.807) is 11.0 Å². The van der Waals surface area contributed by atoms with Crippen molar-refractivity contribution in [3.8, 4) is 5.75 Å². The molecule has 1 aromatic carbocycles. The molecule has 4 nitrogen and oxygen atoms in total. The third-order valence-corrected chi connectivity index (χ3v) is 9.39. The van der Waals surface area contributed by atoms with Crippen molar-refractivity contribution in [2.75, 3.05) is 24.7 Å². The highest BCUT2D eigenvalue weighted by Gasteiger charge is 2.37. The molecule has 0 aliphatic carbocycles. The van der Waals surface area contributed by atoms with E-state index in [0.29, 0.717) is 24.6 Å². The van der Waals surface area contributed by atoms with Gasteiger partial charge >= 0.3 is 0 Å². The Balaban J connectivity index is 2.05. The normalized spacial score (nSPS) is 16.6. The Labute approximate surface area is 145 Å². The highest BCUT2D eigenvalue weighted by Crippen LogP contribution is 2.37. The molecule has 1 unspecified atom stereocenters. The molecule has 6 heteroatoms. The zero-order valence-corrected chi connectivity index (χ0v) is 16.5. The van der Waals surface area contributed by atoms with E-state index in [1.807, 2.05) is 0 Å². The Morgan fingerprint density at radius 2 is 2.04 bits per heavy atom. The van der Waals surface area contributed by atoms with E-state index in [2.05, 4.69) is 40.8 Å². The van der Waals surface area contributed by atoms with Crippen molar-refractivity contribution < 1.29 is 18.3 Å². The second-order valence-electron chi connectivity index (χ2n) is 8.08. The molecule has 1 aliphatic rings. The van der Waals surface area contributed by atoms with Crippen molar-refractivity contribution in [3.63, 3.8) is 0 Å². The van der Waals surface area contributed by atoms with Crippen LogP contribution in [0.25, 0.3) is 0 Å². The molecule has 134 valence electrons. The summed E-state index contributed by atoms with van der Waals surface area (Å²) in [6.45, 7) is 14.2. The van der Waals surface area contributed by atoms with Gasteiger partial charge in [0.05, 0.1) is 5.69 Å². The van der Waals surface area contributed by atoms with Crippen LogP contribution in [0.3, 0.4) is 0 Å². The number of rotatable bonds is 5. The van der Waals surface area contributed by atoms with Gasteiger partial charge in [0, 0.05) is 19.2 Å². The van der Waals surface area contributed by atoms with Crippen molar-refractivity contribution in [3.05, 3.63) is 24.0 Å². The second kappa shape index (κ2) is 6.84. The van der Waals surface area contributed by atoms with Crippen molar-refractivity contribution in [2.24, 2.45) is 5.92 Å². The number of carbonyl (C=O) groups excluding carboxylic acids is 1. The first-order valence-corrected chi connectivity index (χ1v) is 11.3. The smallest absolute Gasteiger partial charge is 0.265 e. The lowest BCUT2D eigenvalue weighted by molar-refractivity contribution is -0.121. The maximum atomic E-state index is 13.6. The van der Waals surface area contributed by atoms with Crippen LogP contribution in [0, 0.1) is 11.7 Å². The molecular weight excluding hydrogens is 325 g/mol. The van der Waals surface area contributed by atoms with Gasteiger partial charge in [0.25, 0.3) is 5.91 Å². The summed E-state index contributed by atoms with van der Waals surface area (Å²) in [5.74, 6) is 0.181. The Morgan fingerprint density at radius 3 is 2.67 bits per heavy atom. The molecule has 24 heavy (non-hydrogen) atoms. The van der Waals surface area contributed by atoms with Gasteiger partial charge in [0.1, 0.15) is 11.6 Å². The average molecular weight is 354 g/mol. The fraction of sp³-hybridized carbons (Fsp3) is 0.611. The summed E-state index contributed by atoms with van der Waals surface area (Å²) >= 11 is 0. The third-order valence-electron chi connectivity index (χ3n) is 4.89. The largest absolute Gasteiger partial charge is 0.482 e. The minimum Gasteiger partial charge on any atom is -0.482 e. The Morgan fingerprint density at radius 1 is 1.38 bits per heavy atom. The van der Waals surface area contributed by atoms with Crippen molar-refractivity contribution in [2.45, 2.75) is 45.8 Å². The molecule has 0 saturated heterocycles. The lowest BCUT2D eigenvalue weighted by Crippen LogP contribution is -2.45. The molecule has 0 radical (unpaired) electrons. The molecular formula is C18H28FNO3Si. The number of nitrogens with zero attached hydrogens (tertiary/aromatic N) is 1. The quantitative estimate of drug-likeness (QED) is 0.744. The molecule has 0 fully saturated rings. The number of halogens is 1. The molecule has 1 aromatic rings. The number of ether oxygens (including phenoxy) is 1. The van der Waals surface area contributed by atoms with Gasteiger partial charge in [-0.05, 0) is 36.2 Å². The predicted molar refractivity (Wildman–Crippen MR) is 96.6 cm³/mol. The maximum absolute atomic E-state index is 13.6. The van der Waals surface area contributed by atoms with E-state index in [4.69, 9.17) is 9.16 Å². The van der Waals surface area contributed by atoms with E-state index in [0.717, 1.165) is 0 Å². The molecule has 0 N–H and O–H groups in total. The first-order valence-electron chi connectivity index (χ1n) is 8.38. The molecule has 0 bridgehead atoms. The SMILES string of the molecule is CC(CO[Si](C)(C)C(C)(C)C)CN1C(=O)COc2ccc(F)cc21. The minimum absolute atomic E-state index is 0.00551. The molecule has 0 saturated carbocycles. The number of amides is 1. The van der Waals surface area contributed by atoms with Crippen LogP contribution in [0.5, 0.6) is 5.75 Å². The highest BCUT2D eigenvalue weighted by molar-refractivity contribution is 6.74. The van der Waals surface area contributed by atoms with Gasteiger partial charge in [-0.1, -0.05) is 27.7 Å². The van der Waals surface area contributed by atoms with Crippen LogP contribution in [0.2, 0.25) is 18.1 Å². The summed E-state index contributed by atoms with van der Waals surface area (Å²) in [6.07, 6.45) is 0. The number of hydrogen-bond acceptors (Lipinski definition) is 3. The van der Waals surface area contributed by atoms with Crippen LogP contribution in [-0.4, -0.2) is 34.0 Å². The summed E-state index contributed by atoms with van der Waals surface area (Å²) < 4.78 is 25.2. The topological polar surface area (TPSA) is 38.8 Å². The number of benzene rings is 1. The van der Waals surface area contributed by atoms with E-state index >= 15 is 0 Å². The second-order valence-corrected chi connectivity index (χ2v) is 12.9. The summed E-state index contributed by atoms with van der Waals surface area (Å²) in [7, 11) is -1.82. The van der Waals surface area contributed by atoms with Crippen LogP contribution >= 0.6 is 0 Å². The van der Waals surface area contributed by atoms with Crippen LogP contribution in [-0.2, 0) is 9.22 Å². The predicted octanol–water partition coefficient (Wildman–Crippen LogP) is 4.21. The molecule has 2 rings (SSSR count). The Kier molecular flexibility index (Phi) is 5.40. The Hall–Kier alpha value is -1.40. The summed E-state index contributed by atoms with van der Waals surface area (Å²) in [4.78, 5) is 13.8. The van der Waals surface area contributed by atoms with E-state index in [-0.39, 0.29) is 29.3 Å². The average Bonchev–Trinajstić information content (AvgIpc) is 2.47. The standard InChI is InChI=1S/C18H28FNO3Si/c1-13(11-23-24(5,6)18(2,3)4)10-20-15-9-14(19)7-8-16(15)22-12-17(20)21/h7-9,13H,10-12H2,1-6H3. The molecule has 1 heterocycles. The lowest BCUT2D eigenvalue weighted by atomic mass is 10.1. The molecule has 1 amide bonds. The van der Waals surface area contributed by atoms with Crippen LogP contribution in [0.4, 0.5) is 10.1 Å². The minimum atomic E-state index is -1.82. The summed E-state index contributed by atoms with van der Waals surface area (Å²) in [6, 6.07) is 4.27. The molecule has 0 spiro atoms. The van der Waals surface area contributed by atoms with E-state index in [1.165, 1.54) is 12.1 Å². The number of fused-ring (bicyclic) bond motifs is 1. The third kappa shape index (κ3) is 4.16. The van der Waals surface area contributed by atoms with Crippen LogP contribution in [0.1, 0.15) is 27.7 Å². The van der Waals surface area contributed by atoms with Gasteiger partial charge in [0.15, 0.2) is 14.9 Å². The lowest BCUT2D eigenvalue weighted by Gasteiger charge is -2.38. The fourth-order valence-electron chi connectivity index (χ4n) is 2.31. The summed E-state index contributed by atoms with van der Waals surface area (Å²) in [5, 5.41) is 0.150. The Bertz CT molecular complexity index is 613. The summed E-state index contributed by atoms with van der Waals surface area (Å²) in [5.41, 5.74) is 0.505. The molecule has 0 aromatic heterocycles. The fourth-order valence-corrected chi connectivity index (χ4v) is 3.44. The number of carbonyl (C=O) groups is 1. The van der Waals surface area contributed by atoms with Gasteiger partial charge in [0.2, 0.25) is 0 Å². The van der Waals surface area contributed by atoms with Crippen molar-refractivity contribution in [1.29, 1.82) is 0 Å². The van der Waals surface area contributed by atoms with Crippen molar-refractivity contribution in [1.82, 2.24) is 0 Å². The molecule has 1 aliphatic heterocycles. The van der Waals surface area contributed by atoms with Gasteiger partial charge < -0.3 is 14.1 Å². The number of anilines is 1. The first kappa shape index (κ1) is 18.9. The monoisotopic (exact) mass is 353 g/mol. The van der Waals surface area contributed by atoms with E-state index < -0.39 is 8.32 Å². The van der Waals surface area contributed by atoms with Crippen LogP contribution < -0.4 is 9.64 Å². The van der Waals surface area contributed by atoms with Crippen LogP contribution in [0.15, 0.2) is 18.2 Å². The first-order chi connectivity index (χ1) is 11.0. The van der Waals surface area contributed by atoms with Crippen molar-refractivity contribution >= 4 is 19.9 Å². The number of hydrogen-bond donors (Lipinski definition) is 0. The molecule has 1 atom stereocenters. The van der Waals surface area contributed by atoms with Gasteiger partial charge in [-0.3, -0.25) is 4.79 Å². The zero-order valence-electron chi connectivity index (χ0n) is 15.5. The van der Waals surface area contributed by atoms with E-state index in [9.17, 15) is 9.18 Å². The van der Waals surface area contributed by atoms with Gasteiger partial charge in [-0.2, -0.15) is 0 Å².